The Balaban J connectivity index is 1.26. The van der Waals surface area contributed by atoms with Crippen molar-refractivity contribution in [3.8, 4) is 0 Å². The summed E-state index contributed by atoms with van der Waals surface area (Å²) in [6.45, 7) is 14.2. The highest BCUT2D eigenvalue weighted by molar-refractivity contribution is 5.33. The fourth-order valence-corrected chi connectivity index (χ4v) is 13.6. The number of hydrogen-bond acceptors (Lipinski definition) is 10. The average molecular weight is 653 g/mol. The molecule has 0 amide bonds. The van der Waals surface area contributed by atoms with Gasteiger partial charge in [-0.1, -0.05) is 27.7 Å². The molecule has 7 aliphatic rings. The lowest BCUT2D eigenvalue weighted by Gasteiger charge is -2.65. The van der Waals surface area contributed by atoms with Crippen molar-refractivity contribution in [2.24, 2.45) is 44.8 Å². The van der Waals surface area contributed by atoms with Gasteiger partial charge in [-0.25, -0.2) is 0 Å². The maximum absolute atomic E-state index is 12.0. The molecule has 1 unspecified atom stereocenters. The van der Waals surface area contributed by atoms with Crippen LogP contribution in [0, 0.1) is 44.8 Å². The van der Waals surface area contributed by atoms with E-state index < -0.39 is 72.2 Å². The zero-order valence-electron chi connectivity index (χ0n) is 28.9. The van der Waals surface area contributed by atoms with E-state index in [1.54, 1.807) is 13.8 Å². The summed E-state index contributed by atoms with van der Waals surface area (Å²) >= 11 is 0. The van der Waals surface area contributed by atoms with Crippen LogP contribution in [0.2, 0.25) is 0 Å². The Morgan fingerprint density at radius 1 is 0.804 bits per heavy atom. The molecule has 7 N–H and O–H groups in total. The van der Waals surface area contributed by atoms with E-state index in [1.807, 2.05) is 0 Å². The first-order valence-corrected chi connectivity index (χ1v) is 17.9. The van der Waals surface area contributed by atoms with Crippen LogP contribution in [-0.4, -0.2) is 109 Å². The normalized spacial score (nSPS) is 59.3. The highest BCUT2D eigenvalue weighted by atomic mass is 16.7. The Kier molecular flexibility index (Phi) is 7.65. The summed E-state index contributed by atoms with van der Waals surface area (Å²) in [5.74, 6) is 0.0768. The molecule has 0 aromatic carbocycles. The zero-order chi connectivity index (χ0) is 33.6. The first-order chi connectivity index (χ1) is 21.2. The Morgan fingerprint density at radius 2 is 1.50 bits per heavy atom. The van der Waals surface area contributed by atoms with Crippen molar-refractivity contribution >= 4 is 0 Å². The van der Waals surface area contributed by atoms with Crippen molar-refractivity contribution in [3.63, 3.8) is 0 Å². The molecular weight excluding hydrogens is 592 g/mol. The lowest BCUT2D eigenvalue weighted by Crippen LogP contribution is -2.64. The molecule has 0 aromatic heterocycles. The molecule has 264 valence electrons. The van der Waals surface area contributed by atoms with E-state index in [4.69, 9.17) is 14.2 Å². The van der Waals surface area contributed by atoms with Gasteiger partial charge in [0.2, 0.25) is 0 Å². The molecule has 7 rings (SSSR count). The summed E-state index contributed by atoms with van der Waals surface area (Å²) in [5, 5.41) is 76.2. The number of ether oxygens (including phenoxy) is 3. The van der Waals surface area contributed by atoms with Gasteiger partial charge in [-0.2, -0.15) is 0 Å². The van der Waals surface area contributed by atoms with Crippen LogP contribution in [0.25, 0.3) is 0 Å². The molecule has 2 saturated heterocycles. The fraction of sp³-hybridized carbons (Fsp3) is 1.00. The molecule has 46 heavy (non-hydrogen) atoms. The second kappa shape index (κ2) is 10.3. The Labute approximate surface area is 273 Å². The summed E-state index contributed by atoms with van der Waals surface area (Å²) in [5.41, 5.74) is -2.50. The van der Waals surface area contributed by atoms with Crippen LogP contribution in [-0.2, 0) is 14.2 Å². The summed E-state index contributed by atoms with van der Waals surface area (Å²) in [6, 6.07) is 0. The third-order valence-electron chi connectivity index (χ3n) is 15.9. The quantitative estimate of drug-likeness (QED) is 0.219. The topological polar surface area (TPSA) is 169 Å². The van der Waals surface area contributed by atoms with Gasteiger partial charge in [-0.3, -0.25) is 0 Å². The summed E-state index contributed by atoms with van der Waals surface area (Å²) in [6.07, 6.45) is -1.07. The Hall–Kier alpha value is -0.400. The minimum atomic E-state index is -1.53. The third-order valence-corrected chi connectivity index (χ3v) is 15.9. The van der Waals surface area contributed by atoms with Gasteiger partial charge in [0.15, 0.2) is 6.29 Å². The van der Waals surface area contributed by atoms with Crippen molar-refractivity contribution in [2.75, 3.05) is 6.61 Å². The van der Waals surface area contributed by atoms with E-state index in [0.717, 1.165) is 38.5 Å². The van der Waals surface area contributed by atoms with Crippen LogP contribution < -0.4 is 0 Å². The predicted molar refractivity (Wildman–Crippen MR) is 167 cm³/mol. The van der Waals surface area contributed by atoms with Gasteiger partial charge < -0.3 is 50.0 Å². The van der Waals surface area contributed by atoms with Gasteiger partial charge in [0.05, 0.1) is 42.2 Å². The van der Waals surface area contributed by atoms with Crippen molar-refractivity contribution in [1.29, 1.82) is 0 Å². The SMILES string of the molecule is CC(C)(O)[C@@H]1CC[C@](C)([C@H]2[C@@H](O)C[C@@]3(C)[C@@H]4C[C@H](O[C@@H]5O[C@H](CO)[C@@H](O)[C@H](O)[C@H]5O)C5C(C)(C)[C@@H](O)CC[C@@]56C[C@@]46CC[C@]23C)O1. The number of aliphatic hydroxyl groups excluding tert-OH is 6. The van der Waals surface area contributed by atoms with Gasteiger partial charge in [-0.15, -0.1) is 0 Å². The predicted octanol–water partition coefficient (Wildman–Crippen LogP) is 2.26. The van der Waals surface area contributed by atoms with Crippen LogP contribution in [0.5, 0.6) is 0 Å². The molecule has 10 nitrogen and oxygen atoms in total. The zero-order valence-corrected chi connectivity index (χ0v) is 28.9. The molecule has 2 aliphatic heterocycles. The number of aliphatic hydroxyl groups is 7. The maximum atomic E-state index is 12.0. The van der Waals surface area contributed by atoms with Crippen LogP contribution in [0.3, 0.4) is 0 Å². The van der Waals surface area contributed by atoms with Crippen LogP contribution in [0.4, 0.5) is 0 Å². The molecule has 0 radical (unpaired) electrons. The molecular formula is C36H60O10. The standard InChI is InChI=1S/C36H60O10/c1-30(2)22(39)8-11-36-17-35(36)13-12-32(5)27(34(7)10-9-23(46-34)31(3,4)43)18(38)15-33(32,6)21(35)14-19(28(30)36)44-29-26(42)25(41)24(40)20(16-37)45-29/h18-29,37-43H,8-17H2,1-7H3/t18-,19-,20+,21-,22-,23-,24+,25-,26+,27-,28?,29+,32+,33-,34+,35-,36+/m0/s1. The van der Waals surface area contributed by atoms with Crippen LogP contribution >= 0.6 is 0 Å². The third kappa shape index (κ3) is 4.24. The van der Waals surface area contributed by atoms with Crippen LogP contribution in [0.1, 0.15) is 106 Å². The number of fused-ring (bicyclic) bond motifs is 2. The monoisotopic (exact) mass is 652 g/mol. The minimum Gasteiger partial charge on any atom is -0.394 e. The molecule has 2 heterocycles. The van der Waals surface area contributed by atoms with Crippen molar-refractivity contribution in [1.82, 2.24) is 0 Å². The summed E-state index contributed by atoms with van der Waals surface area (Å²) in [7, 11) is 0. The maximum Gasteiger partial charge on any atom is 0.186 e. The molecule has 0 bridgehead atoms. The Bertz CT molecular complexity index is 1200. The molecule has 0 aromatic rings. The number of hydrogen-bond donors (Lipinski definition) is 7. The van der Waals surface area contributed by atoms with Crippen molar-refractivity contribution in [3.05, 3.63) is 0 Å². The second-order valence-electron chi connectivity index (χ2n) is 18.7. The first kappa shape index (κ1) is 34.1. The molecule has 5 aliphatic carbocycles. The number of rotatable bonds is 5. The summed E-state index contributed by atoms with van der Waals surface area (Å²) in [4.78, 5) is 0. The van der Waals surface area contributed by atoms with E-state index in [2.05, 4.69) is 34.6 Å². The van der Waals surface area contributed by atoms with Gasteiger partial charge in [-0.05, 0) is 117 Å². The van der Waals surface area contributed by atoms with Crippen molar-refractivity contribution in [2.45, 2.75) is 173 Å². The lowest BCUT2D eigenvalue weighted by atomic mass is 9.41. The molecule has 17 atom stereocenters. The van der Waals surface area contributed by atoms with E-state index in [9.17, 15) is 35.7 Å². The highest BCUT2D eigenvalue weighted by Crippen LogP contribution is 2.89. The van der Waals surface area contributed by atoms with Crippen molar-refractivity contribution < 1.29 is 50.0 Å². The summed E-state index contributed by atoms with van der Waals surface area (Å²) < 4.78 is 19.4. The molecule has 5 saturated carbocycles. The van der Waals surface area contributed by atoms with Crippen LogP contribution in [0.15, 0.2) is 0 Å². The molecule has 2 spiro atoms. The van der Waals surface area contributed by atoms with E-state index in [1.165, 1.54) is 0 Å². The van der Waals surface area contributed by atoms with E-state index in [-0.39, 0.29) is 45.5 Å². The molecule has 7 fully saturated rings. The van der Waals surface area contributed by atoms with Gasteiger partial charge in [0.1, 0.15) is 24.4 Å². The first-order valence-electron chi connectivity index (χ1n) is 17.9. The highest BCUT2D eigenvalue weighted by Gasteiger charge is 2.85. The average Bonchev–Trinajstić information content (AvgIpc) is 3.33. The fourth-order valence-electron chi connectivity index (χ4n) is 13.6. The second-order valence-corrected chi connectivity index (χ2v) is 18.7. The lowest BCUT2D eigenvalue weighted by molar-refractivity contribution is -0.331. The van der Waals surface area contributed by atoms with E-state index in [0.29, 0.717) is 19.3 Å². The van der Waals surface area contributed by atoms with E-state index >= 15 is 0 Å². The minimum absolute atomic E-state index is 0.0225. The molecule has 10 heteroatoms. The largest absolute Gasteiger partial charge is 0.394 e. The van der Waals surface area contributed by atoms with Gasteiger partial charge in [0.25, 0.3) is 0 Å². The Morgan fingerprint density at radius 3 is 2.13 bits per heavy atom. The smallest absolute Gasteiger partial charge is 0.186 e. The van der Waals surface area contributed by atoms with Gasteiger partial charge in [0, 0.05) is 5.92 Å². The van der Waals surface area contributed by atoms with Gasteiger partial charge >= 0.3 is 0 Å².